The van der Waals surface area contributed by atoms with Crippen molar-refractivity contribution in [3.63, 3.8) is 0 Å². The third-order valence-electron chi connectivity index (χ3n) is 2.40. The molecule has 1 aromatic carbocycles. The first-order valence-corrected chi connectivity index (χ1v) is 5.38. The average molecular weight is 248 g/mol. The molecule has 0 aliphatic carbocycles. The Morgan fingerprint density at radius 3 is 2.88 bits per heavy atom. The van der Waals surface area contributed by atoms with Crippen LogP contribution in [0.4, 0.5) is 0 Å². The van der Waals surface area contributed by atoms with E-state index in [2.05, 4.69) is 4.98 Å². The Hall–Kier alpha value is -1.87. The van der Waals surface area contributed by atoms with Crippen LogP contribution in [0, 0.1) is 0 Å². The van der Waals surface area contributed by atoms with Crippen LogP contribution in [0.5, 0.6) is 5.88 Å². The van der Waals surface area contributed by atoms with E-state index in [0.717, 1.165) is 17.4 Å². The fourth-order valence-corrected chi connectivity index (χ4v) is 1.74. The number of rotatable bonds is 3. The van der Waals surface area contributed by atoms with Crippen LogP contribution in [0.15, 0.2) is 36.5 Å². The Morgan fingerprint density at radius 2 is 2.18 bits per heavy atom. The molecule has 0 bridgehead atoms. The van der Waals surface area contributed by atoms with Crippen LogP contribution in [0.25, 0.3) is 11.1 Å². The van der Waals surface area contributed by atoms with Crippen LogP contribution < -0.4 is 4.74 Å². The molecule has 2 rings (SSSR count). The molecule has 17 heavy (non-hydrogen) atoms. The molecule has 0 atom stereocenters. The Balaban J connectivity index is 2.56. The van der Waals surface area contributed by atoms with E-state index in [1.165, 1.54) is 0 Å². The quantitative estimate of drug-likeness (QED) is 0.782. The highest BCUT2D eigenvalue weighted by Crippen LogP contribution is 2.29. The summed E-state index contributed by atoms with van der Waals surface area (Å²) in [4.78, 5) is 14.9. The minimum Gasteiger partial charge on any atom is -0.481 e. The number of halogens is 1. The van der Waals surface area contributed by atoms with E-state index in [1.807, 2.05) is 18.2 Å². The zero-order chi connectivity index (χ0) is 12.3. The third-order valence-corrected chi connectivity index (χ3v) is 2.74. The van der Waals surface area contributed by atoms with E-state index >= 15 is 0 Å². The van der Waals surface area contributed by atoms with E-state index in [9.17, 15) is 4.79 Å². The number of aldehydes is 1. The summed E-state index contributed by atoms with van der Waals surface area (Å²) in [5.41, 5.74) is 2.13. The lowest BCUT2D eigenvalue weighted by Crippen LogP contribution is -1.92. The fourth-order valence-electron chi connectivity index (χ4n) is 1.57. The number of nitrogens with zero attached hydrogens (tertiary/aromatic N) is 1. The van der Waals surface area contributed by atoms with Crippen LogP contribution in [0.1, 0.15) is 10.4 Å². The topological polar surface area (TPSA) is 39.2 Å². The third kappa shape index (κ3) is 2.29. The molecule has 0 saturated heterocycles. The molecule has 0 saturated carbocycles. The Morgan fingerprint density at radius 1 is 1.35 bits per heavy atom. The SMILES string of the molecule is COc1ncccc1-c1ccc(Cl)c(C=O)c1. The largest absolute Gasteiger partial charge is 0.481 e. The molecule has 1 heterocycles. The molecule has 3 nitrogen and oxygen atoms in total. The average Bonchev–Trinajstić information content (AvgIpc) is 2.39. The molecule has 4 heteroatoms. The van der Waals surface area contributed by atoms with Crippen molar-refractivity contribution in [2.45, 2.75) is 0 Å². The molecule has 0 N–H and O–H groups in total. The maximum absolute atomic E-state index is 10.8. The summed E-state index contributed by atoms with van der Waals surface area (Å²) >= 11 is 5.88. The highest BCUT2D eigenvalue weighted by Gasteiger charge is 2.08. The van der Waals surface area contributed by atoms with Gasteiger partial charge in [-0.3, -0.25) is 4.79 Å². The second kappa shape index (κ2) is 4.97. The zero-order valence-corrected chi connectivity index (χ0v) is 9.94. The lowest BCUT2D eigenvalue weighted by atomic mass is 10.0. The first-order valence-electron chi connectivity index (χ1n) is 5.00. The van der Waals surface area contributed by atoms with Crippen molar-refractivity contribution in [2.75, 3.05) is 7.11 Å². The normalized spacial score (nSPS) is 10.0. The predicted octanol–water partition coefficient (Wildman–Crippen LogP) is 3.22. The number of hydrogen-bond donors (Lipinski definition) is 0. The minimum absolute atomic E-state index is 0.437. The lowest BCUT2D eigenvalue weighted by Gasteiger charge is -2.07. The van der Waals surface area contributed by atoms with Gasteiger partial charge in [0.25, 0.3) is 0 Å². The van der Waals surface area contributed by atoms with Gasteiger partial charge in [0.1, 0.15) is 0 Å². The van der Waals surface area contributed by atoms with E-state index in [0.29, 0.717) is 16.5 Å². The van der Waals surface area contributed by atoms with Gasteiger partial charge in [-0.1, -0.05) is 17.7 Å². The van der Waals surface area contributed by atoms with Gasteiger partial charge in [0, 0.05) is 17.3 Å². The van der Waals surface area contributed by atoms with E-state index in [1.54, 1.807) is 25.4 Å². The van der Waals surface area contributed by atoms with Gasteiger partial charge in [-0.15, -0.1) is 0 Å². The predicted molar refractivity (Wildman–Crippen MR) is 66.6 cm³/mol. The molecule has 0 radical (unpaired) electrons. The van der Waals surface area contributed by atoms with Crippen molar-refractivity contribution >= 4 is 17.9 Å². The number of carbonyl (C=O) groups excluding carboxylic acids is 1. The maximum atomic E-state index is 10.8. The standard InChI is InChI=1S/C13H10ClNO2/c1-17-13-11(3-2-6-15-13)9-4-5-12(14)10(7-9)8-16/h2-8H,1H3. The van der Waals surface area contributed by atoms with Gasteiger partial charge >= 0.3 is 0 Å². The molecule has 0 unspecified atom stereocenters. The molecule has 1 aromatic heterocycles. The number of hydrogen-bond acceptors (Lipinski definition) is 3. The summed E-state index contributed by atoms with van der Waals surface area (Å²) in [5.74, 6) is 0.520. The van der Waals surface area contributed by atoms with Gasteiger partial charge in [-0.25, -0.2) is 4.98 Å². The van der Waals surface area contributed by atoms with Crippen LogP contribution in [0.3, 0.4) is 0 Å². The van der Waals surface area contributed by atoms with Crippen LogP contribution in [-0.4, -0.2) is 18.4 Å². The highest BCUT2D eigenvalue weighted by atomic mass is 35.5. The van der Waals surface area contributed by atoms with Gasteiger partial charge in [-0.2, -0.15) is 0 Å². The van der Waals surface area contributed by atoms with Gasteiger partial charge in [0.05, 0.1) is 12.1 Å². The smallest absolute Gasteiger partial charge is 0.221 e. The van der Waals surface area contributed by atoms with E-state index in [4.69, 9.17) is 16.3 Å². The summed E-state index contributed by atoms with van der Waals surface area (Å²) in [6, 6.07) is 8.92. The first-order chi connectivity index (χ1) is 8.26. The monoisotopic (exact) mass is 247 g/mol. The van der Waals surface area contributed by atoms with Crippen molar-refractivity contribution in [2.24, 2.45) is 0 Å². The molecule has 0 spiro atoms. The number of pyridine rings is 1. The molecule has 0 fully saturated rings. The molecule has 0 amide bonds. The summed E-state index contributed by atoms with van der Waals surface area (Å²) < 4.78 is 5.17. The fraction of sp³-hybridized carbons (Fsp3) is 0.0769. The molecule has 0 aliphatic heterocycles. The van der Waals surface area contributed by atoms with Crippen molar-refractivity contribution < 1.29 is 9.53 Å². The van der Waals surface area contributed by atoms with Crippen molar-refractivity contribution in [3.05, 3.63) is 47.1 Å². The number of aromatic nitrogens is 1. The van der Waals surface area contributed by atoms with Crippen LogP contribution in [-0.2, 0) is 0 Å². The van der Waals surface area contributed by atoms with Gasteiger partial charge in [-0.05, 0) is 29.8 Å². The number of carbonyl (C=O) groups is 1. The van der Waals surface area contributed by atoms with Crippen molar-refractivity contribution in [1.82, 2.24) is 4.98 Å². The number of ether oxygens (including phenoxy) is 1. The molecular formula is C13H10ClNO2. The zero-order valence-electron chi connectivity index (χ0n) is 9.18. The van der Waals surface area contributed by atoms with Gasteiger partial charge in [0.2, 0.25) is 5.88 Å². The lowest BCUT2D eigenvalue weighted by molar-refractivity contribution is 0.112. The second-order valence-electron chi connectivity index (χ2n) is 3.41. The molecule has 0 aliphatic rings. The van der Waals surface area contributed by atoms with Gasteiger partial charge < -0.3 is 4.74 Å². The first kappa shape index (κ1) is 11.6. The van der Waals surface area contributed by atoms with Crippen molar-refractivity contribution in [3.8, 4) is 17.0 Å². The van der Waals surface area contributed by atoms with Crippen molar-refractivity contribution in [1.29, 1.82) is 0 Å². The number of benzene rings is 1. The molecule has 2 aromatic rings. The molecule has 86 valence electrons. The Labute approximate surface area is 104 Å². The van der Waals surface area contributed by atoms with E-state index in [-0.39, 0.29) is 0 Å². The Bertz CT molecular complexity index is 555. The minimum atomic E-state index is 0.437. The maximum Gasteiger partial charge on any atom is 0.221 e. The summed E-state index contributed by atoms with van der Waals surface area (Å²) in [7, 11) is 1.56. The van der Waals surface area contributed by atoms with Crippen LogP contribution >= 0.6 is 11.6 Å². The van der Waals surface area contributed by atoms with Gasteiger partial charge in [0.15, 0.2) is 6.29 Å². The van der Waals surface area contributed by atoms with Crippen LogP contribution in [0.2, 0.25) is 5.02 Å². The summed E-state index contributed by atoms with van der Waals surface area (Å²) in [5, 5.41) is 0.437. The second-order valence-corrected chi connectivity index (χ2v) is 3.82. The summed E-state index contributed by atoms with van der Waals surface area (Å²) in [6.45, 7) is 0. The Kier molecular flexibility index (Phi) is 3.40. The number of methoxy groups -OCH3 is 1. The molecular weight excluding hydrogens is 238 g/mol. The summed E-state index contributed by atoms with van der Waals surface area (Å²) in [6.07, 6.45) is 2.38. The van der Waals surface area contributed by atoms with E-state index < -0.39 is 0 Å². The highest BCUT2D eigenvalue weighted by molar-refractivity contribution is 6.33.